The van der Waals surface area contributed by atoms with Crippen LogP contribution in [0.5, 0.6) is 0 Å². The van der Waals surface area contributed by atoms with Crippen LogP contribution >= 0.6 is 34.8 Å². The molecular formula is C18H13Cl3N2O3S. The van der Waals surface area contributed by atoms with Crippen LogP contribution in [0.1, 0.15) is 12.5 Å². The summed E-state index contributed by atoms with van der Waals surface area (Å²) < 4.78 is 26.8. The number of hydrogen-bond donors (Lipinski definition) is 1. The fraction of sp³-hybridized carbons (Fsp3) is 0.111. The van der Waals surface area contributed by atoms with Gasteiger partial charge in [0.25, 0.3) is 15.9 Å². The van der Waals surface area contributed by atoms with Crippen LogP contribution in [0.3, 0.4) is 0 Å². The first-order valence-electron chi connectivity index (χ1n) is 7.76. The molecule has 0 radical (unpaired) electrons. The normalized spacial score (nSPS) is 16.7. The average Bonchev–Trinajstić information content (AvgIpc) is 2.99. The van der Waals surface area contributed by atoms with Crippen molar-refractivity contribution in [3.8, 4) is 0 Å². The topological polar surface area (TPSA) is 75.6 Å². The highest BCUT2D eigenvalue weighted by Gasteiger charge is 2.28. The standard InChI is InChI=1S/C18H13Cl3N2O3S/c1-10-8-15(22-17(10)12-9-11(19)6-7-13(12)20)18(24)23-27(25,26)16-5-3-2-4-14(16)21/h2-10H,1H3,(H,23,24)/t10-/m0/s1. The lowest BCUT2D eigenvalue weighted by molar-refractivity contribution is -0.115. The molecule has 2 aromatic carbocycles. The van der Waals surface area contributed by atoms with E-state index in [9.17, 15) is 13.2 Å². The van der Waals surface area contributed by atoms with Gasteiger partial charge in [-0.1, -0.05) is 53.9 Å². The lowest BCUT2D eigenvalue weighted by Gasteiger charge is -2.09. The lowest BCUT2D eigenvalue weighted by Crippen LogP contribution is -2.31. The molecule has 0 aromatic heterocycles. The Labute approximate surface area is 171 Å². The lowest BCUT2D eigenvalue weighted by atomic mass is 9.99. The number of sulfonamides is 1. The maximum atomic E-state index is 12.5. The van der Waals surface area contributed by atoms with E-state index in [1.54, 1.807) is 30.3 Å². The zero-order valence-corrected chi connectivity index (χ0v) is 17.0. The van der Waals surface area contributed by atoms with Gasteiger partial charge in [0.05, 0.1) is 10.7 Å². The van der Waals surface area contributed by atoms with Gasteiger partial charge in [-0.3, -0.25) is 4.79 Å². The van der Waals surface area contributed by atoms with Crippen LogP contribution < -0.4 is 4.72 Å². The monoisotopic (exact) mass is 442 g/mol. The van der Waals surface area contributed by atoms with Gasteiger partial charge in [0.15, 0.2) is 0 Å². The van der Waals surface area contributed by atoms with E-state index in [1.807, 2.05) is 11.6 Å². The SMILES string of the molecule is C[C@H]1C=C(C(=O)NS(=O)(=O)c2ccccc2Cl)N=C1c1cc(Cl)ccc1Cl. The second kappa shape index (κ2) is 7.64. The Bertz CT molecular complexity index is 1090. The summed E-state index contributed by atoms with van der Waals surface area (Å²) in [6, 6.07) is 10.8. The summed E-state index contributed by atoms with van der Waals surface area (Å²) in [7, 11) is -4.13. The van der Waals surface area contributed by atoms with Crippen molar-refractivity contribution in [1.82, 2.24) is 4.72 Å². The van der Waals surface area contributed by atoms with Crippen LogP contribution in [0.2, 0.25) is 15.1 Å². The number of nitrogens with zero attached hydrogens (tertiary/aromatic N) is 1. The van der Waals surface area contributed by atoms with Gasteiger partial charge in [-0.25, -0.2) is 18.1 Å². The molecule has 0 unspecified atom stereocenters. The summed E-state index contributed by atoms with van der Waals surface area (Å²) in [6.45, 7) is 1.82. The Morgan fingerprint density at radius 1 is 1.07 bits per heavy atom. The molecule has 1 N–H and O–H groups in total. The minimum absolute atomic E-state index is 0.0152. The first kappa shape index (κ1) is 19.9. The van der Waals surface area contributed by atoms with Crippen molar-refractivity contribution in [3.63, 3.8) is 0 Å². The predicted molar refractivity (Wildman–Crippen MR) is 107 cm³/mol. The van der Waals surface area contributed by atoms with Gasteiger partial charge in [-0.2, -0.15) is 0 Å². The average molecular weight is 444 g/mol. The molecule has 3 rings (SSSR count). The minimum Gasteiger partial charge on any atom is -0.266 e. The van der Waals surface area contributed by atoms with E-state index in [-0.39, 0.29) is 21.5 Å². The third-order valence-electron chi connectivity index (χ3n) is 3.87. The van der Waals surface area contributed by atoms with Gasteiger partial charge in [0.1, 0.15) is 10.6 Å². The molecule has 5 nitrogen and oxygen atoms in total. The molecule has 27 heavy (non-hydrogen) atoms. The molecule has 9 heteroatoms. The Kier molecular flexibility index (Phi) is 5.63. The molecule has 0 saturated carbocycles. The Hall–Kier alpha value is -1.86. The third kappa shape index (κ3) is 4.19. The maximum Gasteiger partial charge on any atom is 0.283 e. The molecule has 0 spiro atoms. The van der Waals surface area contributed by atoms with Crippen molar-refractivity contribution in [2.75, 3.05) is 0 Å². The Balaban J connectivity index is 1.88. The summed E-state index contributed by atoms with van der Waals surface area (Å²) in [4.78, 5) is 16.5. The zero-order chi connectivity index (χ0) is 19.8. The Morgan fingerprint density at radius 2 is 1.78 bits per heavy atom. The smallest absolute Gasteiger partial charge is 0.266 e. The summed E-state index contributed by atoms with van der Waals surface area (Å²) in [5, 5.41) is 0.925. The van der Waals surface area contributed by atoms with Crippen LogP contribution in [0.4, 0.5) is 0 Å². The summed E-state index contributed by atoms with van der Waals surface area (Å²) in [6.07, 6.45) is 1.56. The molecule has 1 atom stereocenters. The molecule has 1 aliphatic rings. The van der Waals surface area contributed by atoms with E-state index >= 15 is 0 Å². The molecule has 1 heterocycles. The number of nitrogens with one attached hydrogen (secondary N) is 1. The summed E-state index contributed by atoms with van der Waals surface area (Å²) in [5.41, 5.74) is 1.09. The third-order valence-corrected chi connectivity index (χ3v) is 6.27. The van der Waals surface area contributed by atoms with Crippen LogP contribution in [0, 0.1) is 5.92 Å². The molecule has 0 aliphatic carbocycles. The Morgan fingerprint density at radius 3 is 2.48 bits per heavy atom. The van der Waals surface area contributed by atoms with Crippen LogP contribution in [0.15, 0.2) is 64.1 Å². The molecule has 140 valence electrons. The van der Waals surface area contributed by atoms with Crippen LogP contribution in [-0.2, 0) is 14.8 Å². The van der Waals surface area contributed by atoms with Crippen molar-refractivity contribution in [3.05, 3.63) is 74.9 Å². The van der Waals surface area contributed by atoms with Crippen molar-refractivity contribution >= 4 is 56.4 Å². The maximum absolute atomic E-state index is 12.5. The van der Waals surface area contributed by atoms with E-state index in [0.29, 0.717) is 21.3 Å². The second-order valence-electron chi connectivity index (χ2n) is 5.83. The number of aliphatic imine (C=N–C) groups is 1. The quantitative estimate of drug-likeness (QED) is 0.757. The predicted octanol–water partition coefficient (Wildman–Crippen LogP) is 4.47. The van der Waals surface area contributed by atoms with E-state index in [1.165, 1.54) is 18.2 Å². The van der Waals surface area contributed by atoms with E-state index in [0.717, 1.165) is 0 Å². The van der Waals surface area contributed by atoms with Crippen molar-refractivity contribution in [2.45, 2.75) is 11.8 Å². The molecule has 0 saturated heterocycles. The number of benzene rings is 2. The highest BCUT2D eigenvalue weighted by atomic mass is 35.5. The molecular weight excluding hydrogens is 431 g/mol. The van der Waals surface area contributed by atoms with Crippen molar-refractivity contribution in [2.24, 2.45) is 10.9 Å². The fourth-order valence-electron chi connectivity index (χ4n) is 2.60. The highest BCUT2D eigenvalue weighted by molar-refractivity contribution is 7.90. The van der Waals surface area contributed by atoms with Gasteiger partial charge >= 0.3 is 0 Å². The minimum atomic E-state index is -4.13. The van der Waals surface area contributed by atoms with E-state index < -0.39 is 15.9 Å². The largest absolute Gasteiger partial charge is 0.283 e. The number of amides is 1. The number of allylic oxidation sites excluding steroid dienone is 1. The molecule has 1 aliphatic heterocycles. The van der Waals surface area contributed by atoms with Gasteiger partial charge in [0.2, 0.25) is 0 Å². The molecule has 0 fully saturated rings. The second-order valence-corrected chi connectivity index (χ2v) is 8.73. The number of halogens is 3. The van der Waals surface area contributed by atoms with Crippen LogP contribution in [0.25, 0.3) is 0 Å². The van der Waals surface area contributed by atoms with E-state index in [2.05, 4.69) is 4.99 Å². The zero-order valence-electron chi connectivity index (χ0n) is 13.9. The van der Waals surface area contributed by atoms with Gasteiger partial charge in [-0.05, 0) is 36.4 Å². The van der Waals surface area contributed by atoms with Crippen LogP contribution in [-0.4, -0.2) is 20.0 Å². The van der Waals surface area contributed by atoms with Gasteiger partial charge < -0.3 is 0 Å². The number of rotatable bonds is 4. The van der Waals surface area contributed by atoms with Gasteiger partial charge in [-0.15, -0.1) is 0 Å². The van der Waals surface area contributed by atoms with Gasteiger partial charge in [0, 0.05) is 21.5 Å². The van der Waals surface area contributed by atoms with Crippen molar-refractivity contribution in [1.29, 1.82) is 0 Å². The first-order chi connectivity index (χ1) is 12.7. The summed E-state index contributed by atoms with van der Waals surface area (Å²) >= 11 is 18.1. The van der Waals surface area contributed by atoms with E-state index in [4.69, 9.17) is 34.8 Å². The highest BCUT2D eigenvalue weighted by Crippen LogP contribution is 2.29. The molecule has 0 bridgehead atoms. The number of hydrogen-bond acceptors (Lipinski definition) is 4. The first-order valence-corrected chi connectivity index (χ1v) is 10.4. The number of carbonyl (C=O) groups is 1. The molecule has 2 aromatic rings. The number of carbonyl (C=O) groups excluding carboxylic acids is 1. The molecule has 1 amide bonds. The summed E-state index contributed by atoms with van der Waals surface area (Å²) in [5.74, 6) is -1.10. The van der Waals surface area contributed by atoms with Crippen molar-refractivity contribution < 1.29 is 13.2 Å². The fourth-order valence-corrected chi connectivity index (χ4v) is 4.47.